The fourth-order valence-corrected chi connectivity index (χ4v) is 3.93. The summed E-state index contributed by atoms with van der Waals surface area (Å²) in [4.78, 5) is 16.9. The Hall–Kier alpha value is -2.92. The second kappa shape index (κ2) is 8.21. The lowest BCUT2D eigenvalue weighted by Gasteiger charge is -2.38. The van der Waals surface area contributed by atoms with Crippen LogP contribution in [0.1, 0.15) is 28.9 Å². The molecule has 0 unspecified atom stereocenters. The largest absolute Gasteiger partial charge is 0.497 e. The van der Waals surface area contributed by atoms with Crippen molar-refractivity contribution in [1.29, 1.82) is 0 Å². The first-order valence-corrected chi connectivity index (χ1v) is 9.92. The molecular weight excluding hydrogens is 367 g/mol. The molecule has 0 radical (unpaired) electrons. The van der Waals surface area contributed by atoms with E-state index in [4.69, 9.17) is 4.74 Å². The van der Waals surface area contributed by atoms with Gasteiger partial charge in [-0.3, -0.25) is 9.69 Å². The number of piperazine rings is 1. The first kappa shape index (κ1) is 19.4. The molecule has 1 fully saturated rings. The van der Waals surface area contributed by atoms with Gasteiger partial charge in [0.05, 0.1) is 7.11 Å². The molecule has 1 saturated heterocycles. The van der Waals surface area contributed by atoms with E-state index in [1.807, 2.05) is 17.0 Å². The zero-order valence-electron chi connectivity index (χ0n) is 16.8. The molecule has 0 aliphatic carbocycles. The number of hydrogen-bond donors (Lipinski definition) is 0. The van der Waals surface area contributed by atoms with E-state index < -0.39 is 0 Å². The molecule has 1 aliphatic heterocycles. The number of carbonyl (C=O) groups is 1. The van der Waals surface area contributed by atoms with Crippen LogP contribution >= 0.6 is 0 Å². The summed E-state index contributed by atoms with van der Waals surface area (Å²) in [6.07, 6.45) is 0. The van der Waals surface area contributed by atoms with Crippen molar-refractivity contribution in [3.8, 4) is 5.75 Å². The van der Waals surface area contributed by atoms with Crippen LogP contribution in [0, 0.1) is 5.82 Å². The highest BCUT2D eigenvalue weighted by atomic mass is 19.1. The molecule has 1 amide bonds. The van der Waals surface area contributed by atoms with Crippen molar-refractivity contribution in [2.75, 3.05) is 33.3 Å². The molecule has 3 aromatic rings. The van der Waals surface area contributed by atoms with Crippen LogP contribution in [-0.2, 0) is 0 Å². The van der Waals surface area contributed by atoms with E-state index in [1.54, 1.807) is 19.2 Å². The molecule has 150 valence electrons. The van der Waals surface area contributed by atoms with Crippen LogP contribution in [0.2, 0.25) is 0 Å². The zero-order valence-corrected chi connectivity index (χ0v) is 16.8. The predicted molar refractivity (Wildman–Crippen MR) is 113 cm³/mol. The third-order valence-corrected chi connectivity index (χ3v) is 5.79. The molecule has 29 heavy (non-hydrogen) atoms. The average molecular weight is 392 g/mol. The first-order valence-electron chi connectivity index (χ1n) is 9.92. The molecule has 5 heteroatoms. The van der Waals surface area contributed by atoms with E-state index in [9.17, 15) is 9.18 Å². The van der Waals surface area contributed by atoms with Crippen molar-refractivity contribution in [3.05, 3.63) is 77.6 Å². The molecular formula is C24H25FN2O2. The standard InChI is InChI=1S/C24H25FN2O2/c1-17(19-3-4-21-16-23(29-2)10-7-20(21)15-19)26-11-13-27(14-12-26)24(28)18-5-8-22(25)9-6-18/h3-10,15-17H,11-14H2,1-2H3/t17-/m0/s1. The van der Waals surface area contributed by atoms with Crippen LogP contribution in [0.15, 0.2) is 60.7 Å². The first-order chi connectivity index (χ1) is 14.0. The van der Waals surface area contributed by atoms with E-state index in [-0.39, 0.29) is 17.8 Å². The van der Waals surface area contributed by atoms with Gasteiger partial charge in [0.1, 0.15) is 11.6 Å². The van der Waals surface area contributed by atoms with Crippen LogP contribution in [-0.4, -0.2) is 49.0 Å². The van der Waals surface area contributed by atoms with Gasteiger partial charge >= 0.3 is 0 Å². The minimum Gasteiger partial charge on any atom is -0.497 e. The number of halogens is 1. The van der Waals surface area contributed by atoms with E-state index >= 15 is 0 Å². The summed E-state index contributed by atoms with van der Waals surface area (Å²) >= 11 is 0. The average Bonchev–Trinajstić information content (AvgIpc) is 2.78. The number of ether oxygens (including phenoxy) is 1. The Morgan fingerprint density at radius 2 is 1.59 bits per heavy atom. The van der Waals surface area contributed by atoms with Crippen LogP contribution < -0.4 is 4.74 Å². The van der Waals surface area contributed by atoms with Crippen molar-refractivity contribution in [1.82, 2.24) is 9.80 Å². The van der Waals surface area contributed by atoms with E-state index in [0.29, 0.717) is 18.7 Å². The topological polar surface area (TPSA) is 32.8 Å². The summed E-state index contributed by atoms with van der Waals surface area (Å²) in [5.41, 5.74) is 1.80. The van der Waals surface area contributed by atoms with Crippen molar-refractivity contribution in [2.24, 2.45) is 0 Å². The number of amides is 1. The fraction of sp³-hybridized carbons (Fsp3) is 0.292. The van der Waals surface area contributed by atoms with Gasteiger partial charge in [-0.1, -0.05) is 18.2 Å². The number of benzene rings is 3. The van der Waals surface area contributed by atoms with Crippen molar-refractivity contribution in [2.45, 2.75) is 13.0 Å². The maximum Gasteiger partial charge on any atom is 0.253 e. The second-order valence-electron chi connectivity index (χ2n) is 7.48. The Kier molecular flexibility index (Phi) is 5.49. The fourth-order valence-electron chi connectivity index (χ4n) is 3.93. The van der Waals surface area contributed by atoms with Crippen LogP contribution in [0.5, 0.6) is 5.75 Å². The second-order valence-corrected chi connectivity index (χ2v) is 7.48. The molecule has 4 nitrogen and oxygen atoms in total. The number of fused-ring (bicyclic) bond motifs is 1. The van der Waals surface area contributed by atoms with Crippen LogP contribution in [0.4, 0.5) is 4.39 Å². The van der Waals surface area contributed by atoms with Gasteiger partial charge in [-0.15, -0.1) is 0 Å². The Bertz CT molecular complexity index is 1010. The van der Waals surface area contributed by atoms with Gasteiger partial charge in [0, 0.05) is 37.8 Å². The molecule has 1 atom stereocenters. The molecule has 0 N–H and O–H groups in total. The van der Waals surface area contributed by atoms with Crippen molar-refractivity contribution >= 4 is 16.7 Å². The van der Waals surface area contributed by atoms with Gasteiger partial charge in [-0.05, 0) is 65.7 Å². The van der Waals surface area contributed by atoms with Crippen LogP contribution in [0.25, 0.3) is 10.8 Å². The lowest BCUT2D eigenvalue weighted by molar-refractivity contribution is 0.0582. The summed E-state index contributed by atoms with van der Waals surface area (Å²) in [5.74, 6) is 0.506. The van der Waals surface area contributed by atoms with Gasteiger partial charge in [0.25, 0.3) is 5.91 Å². The van der Waals surface area contributed by atoms with Crippen molar-refractivity contribution in [3.63, 3.8) is 0 Å². The Balaban J connectivity index is 1.42. The molecule has 0 spiro atoms. The SMILES string of the molecule is COc1ccc2cc([C@H](C)N3CCN(C(=O)c4ccc(F)cc4)CC3)ccc2c1. The number of hydrogen-bond acceptors (Lipinski definition) is 3. The quantitative estimate of drug-likeness (QED) is 0.655. The Morgan fingerprint density at radius 1 is 0.931 bits per heavy atom. The number of nitrogens with zero attached hydrogens (tertiary/aromatic N) is 2. The van der Waals surface area contributed by atoms with Gasteiger partial charge < -0.3 is 9.64 Å². The Morgan fingerprint density at radius 3 is 2.28 bits per heavy atom. The highest BCUT2D eigenvalue weighted by molar-refractivity contribution is 5.94. The smallest absolute Gasteiger partial charge is 0.253 e. The monoisotopic (exact) mass is 392 g/mol. The summed E-state index contributed by atoms with van der Waals surface area (Å²) in [6, 6.07) is 18.7. The molecule has 0 saturated carbocycles. The molecule has 0 aromatic heterocycles. The molecule has 1 heterocycles. The van der Waals surface area contributed by atoms with E-state index in [1.165, 1.54) is 23.1 Å². The molecule has 4 rings (SSSR count). The number of rotatable bonds is 4. The van der Waals surface area contributed by atoms with E-state index in [2.05, 4.69) is 36.1 Å². The van der Waals surface area contributed by atoms with Gasteiger partial charge in [-0.2, -0.15) is 0 Å². The zero-order chi connectivity index (χ0) is 20.4. The third-order valence-electron chi connectivity index (χ3n) is 5.79. The number of carbonyl (C=O) groups excluding carboxylic acids is 1. The van der Waals surface area contributed by atoms with Gasteiger partial charge in [0.2, 0.25) is 0 Å². The third kappa shape index (κ3) is 4.10. The normalized spacial score (nSPS) is 16.0. The molecule has 1 aliphatic rings. The van der Waals surface area contributed by atoms with Gasteiger partial charge in [0.15, 0.2) is 0 Å². The lowest BCUT2D eigenvalue weighted by atomic mass is 10.0. The Labute approximate surface area is 170 Å². The van der Waals surface area contributed by atoms with Gasteiger partial charge in [-0.25, -0.2) is 4.39 Å². The van der Waals surface area contributed by atoms with E-state index in [0.717, 1.165) is 24.2 Å². The lowest BCUT2D eigenvalue weighted by Crippen LogP contribution is -2.49. The maximum absolute atomic E-state index is 13.1. The summed E-state index contributed by atoms with van der Waals surface area (Å²) in [5, 5.41) is 2.36. The summed E-state index contributed by atoms with van der Waals surface area (Å²) < 4.78 is 18.4. The summed E-state index contributed by atoms with van der Waals surface area (Å²) in [6.45, 7) is 5.18. The maximum atomic E-state index is 13.1. The highest BCUT2D eigenvalue weighted by Crippen LogP contribution is 2.27. The van der Waals surface area contributed by atoms with Crippen LogP contribution in [0.3, 0.4) is 0 Å². The minimum atomic E-state index is -0.325. The number of methoxy groups -OCH3 is 1. The molecule has 3 aromatic carbocycles. The predicted octanol–water partition coefficient (Wildman–Crippen LogP) is 4.51. The summed E-state index contributed by atoms with van der Waals surface area (Å²) in [7, 11) is 1.68. The highest BCUT2D eigenvalue weighted by Gasteiger charge is 2.25. The van der Waals surface area contributed by atoms with Crippen molar-refractivity contribution < 1.29 is 13.9 Å². The minimum absolute atomic E-state index is 0.0306. The molecule has 0 bridgehead atoms.